The van der Waals surface area contributed by atoms with Crippen LogP contribution in [-0.2, 0) is 9.53 Å². The summed E-state index contributed by atoms with van der Waals surface area (Å²) in [5.74, 6) is 0.684. The molecule has 8 nitrogen and oxygen atoms in total. The molecule has 0 aliphatic carbocycles. The number of hydrogen-bond donors (Lipinski definition) is 0. The summed E-state index contributed by atoms with van der Waals surface area (Å²) in [5.41, 5.74) is 0.904. The van der Waals surface area contributed by atoms with Crippen LogP contribution in [0.1, 0.15) is 10.4 Å². The quantitative estimate of drug-likeness (QED) is 0.718. The van der Waals surface area contributed by atoms with Crippen LogP contribution in [0.2, 0.25) is 5.02 Å². The zero-order chi connectivity index (χ0) is 22.0. The number of halogens is 1. The van der Waals surface area contributed by atoms with E-state index < -0.39 is 6.10 Å². The summed E-state index contributed by atoms with van der Waals surface area (Å²) in [7, 11) is 2.95. The number of hydrogen-bond acceptors (Lipinski definition) is 6. The number of amides is 2. The zero-order valence-electron chi connectivity index (χ0n) is 17.3. The summed E-state index contributed by atoms with van der Waals surface area (Å²) in [5, 5.41) is 0.257. The molecule has 1 unspecified atom stereocenters. The van der Waals surface area contributed by atoms with Crippen molar-refractivity contribution in [2.24, 2.45) is 0 Å². The van der Waals surface area contributed by atoms with E-state index in [-0.39, 0.29) is 23.4 Å². The number of carbonyl (C=O) groups excluding carboxylic acids is 2. The van der Waals surface area contributed by atoms with Crippen LogP contribution in [0.5, 0.6) is 17.2 Å². The average molecular weight is 447 g/mol. The Kier molecular flexibility index (Phi) is 6.20. The molecule has 0 N–H and O–H groups in total. The van der Waals surface area contributed by atoms with Gasteiger partial charge in [-0.15, -0.1) is 0 Å². The van der Waals surface area contributed by atoms with Gasteiger partial charge in [-0.05, 0) is 24.3 Å². The molecular formula is C22H23ClN2O6. The molecule has 4 rings (SSSR count). The van der Waals surface area contributed by atoms with Gasteiger partial charge in [0.25, 0.3) is 11.8 Å². The van der Waals surface area contributed by atoms with Gasteiger partial charge < -0.3 is 28.7 Å². The molecule has 2 aliphatic rings. The van der Waals surface area contributed by atoms with E-state index in [4.69, 9.17) is 30.5 Å². The standard InChI is InChI=1S/C22H23ClN2O6/c1-28-18-12-14(11-15(23)20(18)29-2)21(26)25-13-19(22(27)24-7-9-30-10-8-24)31-17-6-4-3-5-16(17)25/h3-6,11-12,19H,7-10,13H2,1-2H3. The number of nitrogens with zero attached hydrogens (tertiary/aromatic N) is 2. The molecule has 2 aromatic carbocycles. The molecule has 9 heteroatoms. The van der Waals surface area contributed by atoms with Gasteiger partial charge in [0.05, 0.1) is 44.7 Å². The Hall–Kier alpha value is -2.97. The lowest BCUT2D eigenvalue weighted by molar-refractivity contribution is -0.142. The third-order valence-corrected chi connectivity index (χ3v) is 5.58. The molecule has 0 radical (unpaired) electrons. The lowest BCUT2D eigenvalue weighted by atomic mass is 10.1. The van der Waals surface area contributed by atoms with Crippen molar-refractivity contribution >= 4 is 29.1 Å². The highest BCUT2D eigenvalue weighted by Gasteiger charge is 2.37. The molecule has 0 spiro atoms. The summed E-state index contributed by atoms with van der Waals surface area (Å²) in [6, 6.07) is 10.2. The predicted molar refractivity (Wildman–Crippen MR) is 114 cm³/mol. The van der Waals surface area contributed by atoms with Crippen LogP contribution in [0.3, 0.4) is 0 Å². The van der Waals surface area contributed by atoms with Crippen molar-refractivity contribution in [1.82, 2.24) is 4.90 Å². The number of carbonyl (C=O) groups is 2. The van der Waals surface area contributed by atoms with Crippen LogP contribution in [0, 0.1) is 0 Å². The van der Waals surface area contributed by atoms with Gasteiger partial charge in [-0.3, -0.25) is 9.59 Å². The van der Waals surface area contributed by atoms with Crippen molar-refractivity contribution < 1.29 is 28.5 Å². The van der Waals surface area contributed by atoms with Crippen molar-refractivity contribution in [3.05, 3.63) is 47.0 Å². The molecule has 2 aliphatic heterocycles. The summed E-state index contributed by atoms with van der Waals surface area (Å²) in [6.07, 6.45) is -0.812. The lowest BCUT2D eigenvalue weighted by Gasteiger charge is -2.37. The molecule has 31 heavy (non-hydrogen) atoms. The van der Waals surface area contributed by atoms with Gasteiger partial charge in [0.15, 0.2) is 17.6 Å². The Labute approximate surface area is 185 Å². The first-order chi connectivity index (χ1) is 15.0. The SMILES string of the molecule is COc1cc(C(=O)N2CC(C(=O)N3CCOCC3)Oc3ccccc32)cc(Cl)c1OC. The minimum absolute atomic E-state index is 0.0814. The van der Waals surface area contributed by atoms with E-state index in [0.717, 1.165) is 0 Å². The lowest BCUT2D eigenvalue weighted by Crippen LogP contribution is -2.54. The van der Waals surface area contributed by atoms with Gasteiger partial charge in [-0.1, -0.05) is 23.7 Å². The van der Waals surface area contributed by atoms with Crippen LogP contribution < -0.4 is 19.1 Å². The Balaban J connectivity index is 1.67. The first-order valence-electron chi connectivity index (χ1n) is 9.89. The number of morpholine rings is 1. The largest absolute Gasteiger partial charge is 0.493 e. The smallest absolute Gasteiger partial charge is 0.265 e. The van der Waals surface area contributed by atoms with Gasteiger partial charge in [0.1, 0.15) is 5.75 Å². The monoisotopic (exact) mass is 446 g/mol. The second-order valence-electron chi connectivity index (χ2n) is 7.12. The fourth-order valence-electron chi connectivity index (χ4n) is 3.74. The van der Waals surface area contributed by atoms with Gasteiger partial charge in [0, 0.05) is 18.7 Å². The molecule has 164 valence electrons. The third-order valence-electron chi connectivity index (χ3n) is 5.30. The van der Waals surface area contributed by atoms with Crippen molar-refractivity contribution in [3.8, 4) is 17.2 Å². The molecule has 0 saturated carbocycles. The number of methoxy groups -OCH3 is 2. The first-order valence-corrected chi connectivity index (χ1v) is 10.3. The van der Waals surface area contributed by atoms with Crippen molar-refractivity contribution in [2.45, 2.75) is 6.10 Å². The number of anilines is 1. The normalized spacial score (nSPS) is 18.1. The Morgan fingerprint density at radius 3 is 2.55 bits per heavy atom. The topological polar surface area (TPSA) is 77.5 Å². The maximum Gasteiger partial charge on any atom is 0.265 e. The molecule has 1 saturated heterocycles. The number of fused-ring (bicyclic) bond motifs is 1. The van der Waals surface area contributed by atoms with Crippen LogP contribution in [0.25, 0.3) is 0 Å². The maximum absolute atomic E-state index is 13.5. The molecular weight excluding hydrogens is 424 g/mol. The van der Waals surface area contributed by atoms with Crippen molar-refractivity contribution in [3.63, 3.8) is 0 Å². The maximum atomic E-state index is 13.5. The number of rotatable bonds is 4. The van der Waals surface area contributed by atoms with Crippen LogP contribution in [-0.4, -0.2) is 69.9 Å². The van der Waals surface area contributed by atoms with E-state index in [1.807, 2.05) is 6.07 Å². The summed E-state index contributed by atoms with van der Waals surface area (Å²) >= 11 is 6.30. The van der Waals surface area contributed by atoms with Crippen LogP contribution in [0.15, 0.2) is 36.4 Å². The van der Waals surface area contributed by atoms with Crippen LogP contribution in [0.4, 0.5) is 5.69 Å². The molecule has 1 atom stereocenters. The second-order valence-corrected chi connectivity index (χ2v) is 7.53. The highest BCUT2D eigenvalue weighted by molar-refractivity contribution is 6.33. The number of ether oxygens (including phenoxy) is 4. The number of para-hydroxylation sites is 2. The number of benzene rings is 2. The highest BCUT2D eigenvalue weighted by Crippen LogP contribution is 2.38. The molecule has 2 aromatic rings. The molecule has 1 fully saturated rings. The minimum Gasteiger partial charge on any atom is -0.493 e. The van der Waals surface area contributed by atoms with Crippen LogP contribution >= 0.6 is 11.6 Å². The van der Waals surface area contributed by atoms with Gasteiger partial charge in [-0.25, -0.2) is 0 Å². The summed E-state index contributed by atoms with van der Waals surface area (Å²) in [4.78, 5) is 29.8. The van der Waals surface area contributed by atoms with E-state index in [0.29, 0.717) is 54.8 Å². The van der Waals surface area contributed by atoms with Crippen molar-refractivity contribution in [2.75, 3.05) is 52.0 Å². The Morgan fingerprint density at radius 1 is 1.10 bits per heavy atom. The zero-order valence-corrected chi connectivity index (χ0v) is 18.1. The third kappa shape index (κ3) is 4.13. The van der Waals surface area contributed by atoms with Gasteiger partial charge in [0.2, 0.25) is 0 Å². The summed E-state index contributed by atoms with van der Waals surface area (Å²) < 4.78 is 21.9. The average Bonchev–Trinajstić information content (AvgIpc) is 2.82. The van der Waals surface area contributed by atoms with E-state index in [9.17, 15) is 9.59 Å². The van der Waals surface area contributed by atoms with E-state index in [2.05, 4.69) is 0 Å². The molecule has 0 aromatic heterocycles. The molecule has 0 bridgehead atoms. The van der Waals surface area contributed by atoms with E-state index in [1.165, 1.54) is 20.3 Å². The molecule has 2 heterocycles. The van der Waals surface area contributed by atoms with Crippen molar-refractivity contribution in [1.29, 1.82) is 0 Å². The fraction of sp³-hybridized carbons (Fsp3) is 0.364. The molecule has 2 amide bonds. The predicted octanol–water partition coefficient (Wildman–Crippen LogP) is 2.62. The van der Waals surface area contributed by atoms with E-state index >= 15 is 0 Å². The second kappa shape index (κ2) is 9.03. The highest BCUT2D eigenvalue weighted by atomic mass is 35.5. The Morgan fingerprint density at radius 2 is 1.84 bits per heavy atom. The minimum atomic E-state index is -0.812. The fourth-order valence-corrected chi connectivity index (χ4v) is 4.03. The Bertz CT molecular complexity index is 992. The summed E-state index contributed by atoms with van der Waals surface area (Å²) in [6.45, 7) is 2.06. The van der Waals surface area contributed by atoms with Gasteiger partial charge in [-0.2, -0.15) is 0 Å². The van der Waals surface area contributed by atoms with E-state index in [1.54, 1.807) is 34.1 Å². The van der Waals surface area contributed by atoms with Gasteiger partial charge >= 0.3 is 0 Å². The first kappa shape index (κ1) is 21.3.